The number of hydrogen-bond donors (Lipinski definition) is 2. The molecule has 0 heterocycles. The normalized spacial score (nSPS) is 17.1. The van der Waals surface area contributed by atoms with E-state index in [9.17, 15) is 4.79 Å². The van der Waals surface area contributed by atoms with Gasteiger partial charge in [0.1, 0.15) is 0 Å². The zero-order valence-electron chi connectivity index (χ0n) is 10.3. The van der Waals surface area contributed by atoms with Gasteiger partial charge in [-0.1, -0.05) is 31.2 Å². The molecule has 1 aliphatic rings. The van der Waals surface area contributed by atoms with Crippen LogP contribution in [0.5, 0.6) is 0 Å². The summed E-state index contributed by atoms with van der Waals surface area (Å²) in [6.45, 7) is 4.73. The molecule has 1 amide bonds. The molecule has 3 heteroatoms. The van der Waals surface area contributed by atoms with Gasteiger partial charge in [-0.25, -0.2) is 0 Å². The monoisotopic (exact) mass is 232 g/mol. The van der Waals surface area contributed by atoms with Crippen molar-refractivity contribution in [1.82, 2.24) is 10.6 Å². The summed E-state index contributed by atoms with van der Waals surface area (Å²) in [4.78, 5) is 11.9. The zero-order valence-corrected chi connectivity index (χ0v) is 10.3. The number of carbonyl (C=O) groups excluding carboxylic acids is 1. The van der Waals surface area contributed by atoms with Crippen molar-refractivity contribution in [2.75, 3.05) is 19.6 Å². The Hall–Kier alpha value is -1.35. The average molecular weight is 232 g/mol. The largest absolute Gasteiger partial charge is 0.354 e. The molecule has 1 unspecified atom stereocenters. The van der Waals surface area contributed by atoms with E-state index < -0.39 is 0 Å². The highest BCUT2D eigenvalue weighted by atomic mass is 16.1. The predicted octanol–water partition coefficient (Wildman–Crippen LogP) is 1.44. The van der Waals surface area contributed by atoms with Gasteiger partial charge in [-0.05, 0) is 30.5 Å². The molecule has 1 aromatic rings. The fraction of sp³-hybridized carbons (Fsp3) is 0.500. The summed E-state index contributed by atoms with van der Waals surface area (Å²) in [7, 11) is 0. The number of fused-ring (bicyclic) bond motifs is 1. The minimum absolute atomic E-state index is 0.0809. The minimum Gasteiger partial charge on any atom is -0.354 e. The summed E-state index contributed by atoms with van der Waals surface area (Å²) in [6, 6.07) is 8.18. The summed E-state index contributed by atoms with van der Waals surface area (Å²) in [5.41, 5.74) is 2.52. The van der Waals surface area contributed by atoms with E-state index in [2.05, 4.69) is 29.7 Å². The van der Waals surface area contributed by atoms with E-state index in [1.54, 1.807) is 0 Å². The maximum Gasteiger partial charge on any atom is 0.227 e. The van der Waals surface area contributed by atoms with Crippen LogP contribution >= 0.6 is 0 Å². The third-order valence-corrected chi connectivity index (χ3v) is 3.20. The Labute approximate surface area is 103 Å². The van der Waals surface area contributed by atoms with E-state index in [1.165, 1.54) is 11.1 Å². The first-order chi connectivity index (χ1) is 8.33. The number of amides is 1. The van der Waals surface area contributed by atoms with E-state index in [4.69, 9.17) is 0 Å². The summed E-state index contributed by atoms with van der Waals surface area (Å²) in [5, 5.41) is 6.25. The third kappa shape index (κ3) is 2.86. The molecule has 1 aromatic carbocycles. The number of nitrogens with one attached hydrogen (secondary N) is 2. The number of benzene rings is 1. The van der Waals surface area contributed by atoms with Crippen molar-refractivity contribution in [3.8, 4) is 0 Å². The minimum atomic E-state index is 0.0809. The lowest BCUT2D eigenvalue weighted by Gasteiger charge is -2.28. The second-order valence-electron chi connectivity index (χ2n) is 4.50. The Morgan fingerprint density at radius 1 is 1.29 bits per heavy atom. The smallest absolute Gasteiger partial charge is 0.227 e. The molecular formula is C14H20N2O. The van der Waals surface area contributed by atoms with Gasteiger partial charge in [0.05, 0.1) is 5.92 Å². The Kier molecular flexibility index (Phi) is 4.15. The third-order valence-electron chi connectivity index (χ3n) is 3.20. The van der Waals surface area contributed by atoms with Crippen LogP contribution in [0, 0.1) is 0 Å². The molecule has 3 nitrogen and oxygen atoms in total. The van der Waals surface area contributed by atoms with Crippen LogP contribution in [0.2, 0.25) is 0 Å². The molecule has 1 atom stereocenters. The second-order valence-corrected chi connectivity index (χ2v) is 4.50. The second kappa shape index (κ2) is 5.82. The van der Waals surface area contributed by atoms with Gasteiger partial charge in [-0.15, -0.1) is 0 Å². The lowest BCUT2D eigenvalue weighted by atomic mass is 9.77. The van der Waals surface area contributed by atoms with E-state index >= 15 is 0 Å². The predicted molar refractivity (Wildman–Crippen MR) is 69.1 cm³/mol. The van der Waals surface area contributed by atoms with Gasteiger partial charge in [0.2, 0.25) is 5.91 Å². The van der Waals surface area contributed by atoms with Gasteiger partial charge in [-0.3, -0.25) is 4.79 Å². The topological polar surface area (TPSA) is 41.1 Å². The van der Waals surface area contributed by atoms with Crippen LogP contribution in [0.3, 0.4) is 0 Å². The average Bonchev–Trinajstić information content (AvgIpc) is 2.30. The molecule has 17 heavy (non-hydrogen) atoms. The van der Waals surface area contributed by atoms with Crippen LogP contribution in [0.1, 0.15) is 30.4 Å². The molecule has 1 aliphatic carbocycles. The van der Waals surface area contributed by atoms with Crippen molar-refractivity contribution < 1.29 is 4.79 Å². The number of carbonyl (C=O) groups is 1. The molecule has 0 bridgehead atoms. The van der Waals surface area contributed by atoms with Gasteiger partial charge in [-0.2, -0.15) is 0 Å². The van der Waals surface area contributed by atoms with Crippen LogP contribution in [0.4, 0.5) is 0 Å². The fourth-order valence-electron chi connectivity index (χ4n) is 2.19. The number of hydrogen-bond acceptors (Lipinski definition) is 2. The van der Waals surface area contributed by atoms with Crippen molar-refractivity contribution >= 4 is 5.91 Å². The molecule has 2 N–H and O–H groups in total. The Morgan fingerprint density at radius 3 is 2.88 bits per heavy atom. The highest BCUT2D eigenvalue weighted by molar-refractivity contribution is 5.86. The molecule has 0 aromatic heterocycles. The summed E-state index contributed by atoms with van der Waals surface area (Å²) < 4.78 is 0. The lowest BCUT2D eigenvalue weighted by molar-refractivity contribution is -0.123. The standard InChI is InChI=1S/C14H20N2O/c1-2-7-15-8-9-16-14(17)13-10-11-5-3-4-6-12(11)13/h3-6,13,15H,2,7-10H2,1H3,(H,16,17). The van der Waals surface area contributed by atoms with Gasteiger partial charge < -0.3 is 10.6 Å². The Morgan fingerprint density at radius 2 is 2.12 bits per heavy atom. The van der Waals surface area contributed by atoms with Gasteiger partial charge in [0.15, 0.2) is 0 Å². The van der Waals surface area contributed by atoms with Crippen LogP contribution in [0.25, 0.3) is 0 Å². The van der Waals surface area contributed by atoms with E-state index in [-0.39, 0.29) is 11.8 Å². The Balaban J connectivity index is 1.72. The summed E-state index contributed by atoms with van der Waals surface area (Å²) >= 11 is 0. The van der Waals surface area contributed by atoms with Crippen molar-refractivity contribution in [1.29, 1.82) is 0 Å². The molecule has 0 aliphatic heterocycles. The first-order valence-corrected chi connectivity index (χ1v) is 6.39. The summed E-state index contributed by atoms with van der Waals surface area (Å²) in [6.07, 6.45) is 2.02. The van der Waals surface area contributed by atoms with E-state index in [0.717, 1.165) is 32.5 Å². The molecule has 2 rings (SSSR count). The van der Waals surface area contributed by atoms with Crippen molar-refractivity contribution in [3.63, 3.8) is 0 Å². The number of rotatable bonds is 6. The fourth-order valence-corrected chi connectivity index (χ4v) is 2.19. The van der Waals surface area contributed by atoms with Crippen LogP contribution < -0.4 is 10.6 Å². The van der Waals surface area contributed by atoms with E-state index in [0.29, 0.717) is 0 Å². The molecule has 0 radical (unpaired) electrons. The van der Waals surface area contributed by atoms with Crippen molar-refractivity contribution in [2.45, 2.75) is 25.7 Å². The molecule has 0 fully saturated rings. The van der Waals surface area contributed by atoms with Crippen LogP contribution in [0.15, 0.2) is 24.3 Å². The molecule has 92 valence electrons. The summed E-state index contributed by atoms with van der Waals surface area (Å²) in [5.74, 6) is 0.249. The van der Waals surface area contributed by atoms with Crippen LogP contribution in [-0.2, 0) is 11.2 Å². The highest BCUT2D eigenvalue weighted by Crippen LogP contribution is 2.34. The van der Waals surface area contributed by atoms with Crippen molar-refractivity contribution in [3.05, 3.63) is 35.4 Å². The van der Waals surface area contributed by atoms with Crippen LogP contribution in [-0.4, -0.2) is 25.5 Å². The highest BCUT2D eigenvalue weighted by Gasteiger charge is 2.31. The zero-order chi connectivity index (χ0) is 12.1. The maximum atomic E-state index is 11.9. The molecule has 0 saturated heterocycles. The Bertz CT molecular complexity index is 390. The molecule has 0 saturated carbocycles. The van der Waals surface area contributed by atoms with E-state index in [1.807, 2.05) is 12.1 Å². The lowest BCUT2D eigenvalue weighted by Crippen LogP contribution is -2.38. The van der Waals surface area contributed by atoms with Gasteiger partial charge in [0.25, 0.3) is 0 Å². The molecular weight excluding hydrogens is 212 g/mol. The SMILES string of the molecule is CCCNCCNC(=O)C1Cc2ccccc21. The first-order valence-electron chi connectivity index (χ1n) is 6.39. The van der Waals surface area contributed by atoms with Gasteiger partial charge >= 0.3 is 0 Å². The quantitative estimate of drug-likeness (QED) is 0.729. The maximum absolute atomic E-state index is 11.9. The van der Waals surface area contributed by atoms with Crippen molar-refractivity contribution in [2.24, 2.45) is 0 Å². The molecule has 0 spiro atoms. The van der Waals surface area contributed by atoms with Gasteiger partial charge in [0, 0.05) is 13.1 Å². The first kappa shape index (κ1) is 12.1.